The molecule has 0 radical (unpaired) electrons. The van der Waals surface area contributed by atoms with Gasteiger partial charge in [0.15, 0.2) is 0 Å². The van der Waals surface area contributed by atoms with E-state index in [2.05, 4.69) is 36.9 Å². The average molecular weight is 862 g/mol. The number of carbonyl (C=O) groups excluding carboxylic acids is 6. The van der Waals surface area contributed by atoms with E-state index in [0.29, 0.717) is 36.8 Å². The number of aromatic nitrogens is 1. The van der Waals surface area contributed by atoms with E-state index in [0.717, 1.165) is 5.52 Å². The number of fused-ring (bicyclic) bond motifs is 1. The number of carbonyl (C=O) groups is 8. The SMILES string of the molecule is CC[C@H](C)[C@H](NC(=O)[C@H](Cc1c[nH]c2ccccc12)NC(=O)[C@H](CCC(=O)O)NC(=O)[C@H](CO)NC(=O)[C@H](CC(C)C)NC(=O)[C@H](CCCCN)NC(=O)[C@@H](N)CO)C(=O)O. The summed E-state index contributed by atoms with van der Waals surface area (Å²) in [4.78, 5) is 108. The van der Waals surface area contributed by atoms with E-state index >= 15 is 0 Å². The Bertz CT molecular complexity index is 1800. The summed E-state index contributed by atoms with van der Waals surface area (Å²) in [6.45, 7) is 5.53. The number of unbranched alkanes of at least 4 members (excludes halogenated alkanes) is 1. The Labute approximate surface area is 353 Å². The first-order valence-electron chi connectivity index (χ1n) is 20.4. The summed E-state index contributed by atoms with van der Waals surface area (Å²) in [5.41, 5.74) is 12.5. The Morgan fingerprint density at radius 2 is 1.23 bits per heavy atom. The number of para-hydroxylation sites is 1. The van der Waals surface area contributed by atoms with Gasteiger partial charge < -0.3 is 68.8 Å². The van der Waals surface area contributed by atoms with E-state index in [1.807, 2.05) is 0 Å². The smallest absolute Gasteiger partial charge is 0.326 e. The summed E-state index contributed by atoms with van der Waals surface area (Å²) in [5.74, 6) is -8.77. The van der Waals surface area contributed by atoms with Gasteiger partial charge in [0, 0.05) is 29.9 Å². The molecule has 1 aromatic carbocycles. The number of aliphatic hydroxyl groups is 2. The Kier molecular flexibility index (Phi) is 21.8. The molecule has 0 aliphatic rings. The maximum atomic E-state index is 13.9. The molecule has 0 bridgehead atoms. The highest BCUT2D eigenvalue weighted by Crippen LogP contribution is 2.20. The third-order valence-corrected chi connectivity index (χ3v) is 10.1. The second-order valence-corrected chi connectivity index (χ2v) is 15.4. The molecule has 0 saturated heterocycles. The van der Waals surface area contributed by atoms with E-state index in [1.54, 1.807) is 58.2 Å². The number of carboxylic acids is 2. The standard InChI is InChI=1S/C40H63N9O12/c1-5-22(4)33(40(60)61)49-38(58)30(17-23-18-43-26-11-7-6-10-24(23)26)47-36(56)28(13-14-32(52)53)45-39(59)31(20-51)48-37(57)29(16-21(2)3)46-35(55)27(12-8-9-15-41)44-34(54)25(42)19-50/h6-7,10-11,18,21-22,25,27-31,33,43,50-51H,5,8-9,12-17,19-20,41-42H2,1-4H3,(H,44,54)(H,45,59)(H,46,55)(H,47,56)(H,48,57)(H,49,58)(H,52,53)(H,60,61)/t22-,25-,27-,28-,29-,30-,31-,33-/m0/s1. The fourth-order valence-electron chi connectivity index (χ4n) is 6.31. The summed E-state index contributed by atoms with van der Waals surface area (Å²) >= 11 is 0. The molecule has 0 unspecified atom stereocenters. The molecule has 8 atom stereocenters. The van der Waals surface area contributed by atoms with Gasteiger partial charge in [0.2, 0.25) is 35.4 Å². The molecule has 61 heavy (non-hydrogen) atoms. The van der Waals surface area contributed by atoms with Crippen molar-refractivity contribution in [1.82, 2.24) is 36.9 Å². The Hall–Kier alpha value is -5.64. The van der Waals surface area contributed by atoms with Crippen LogP contribution in [0.1, 0.15) is 78.2 Å². The molecule has 6 amide bonds. The minimum Gasteiger partial charge on any atom is -0.481 e. The lowest BCUT2D eigenvalue weighted by molar-refractivity contribution is -0.143. The maximum absolute atomic E-state index is 13.9. The number of aromatic amines is 1. The van der Waals surface area contributed by atoms with E-state index in [-0.39, 0.29) is 25.2 Å². The molecular weight excluding hydrogens is 798 g/mol. The molecule has 1 aromatic heterocycles. The zero-order valence-electron chi connectivity index (χ0n) is 35.1. The predicted octanol–water partition coefficient (Wildman–Crippen LogP) is -1.90. The molecule has 21 heteroatoms. The molecule has 0 aliphatic heterocycles. The van der Waals surface area contributed by atoms with Crippen LogP contribution >= 0.6 is 0 Å². The quantitative estimate of drug-likeness (QED) is 0.0416. The zero-order chi connectivity index (χ0) is 45.8. The van der Waals surface area contributed by atoms with Crippen LogP contribution in [0.15, 0.2) is 30.5 Å². The van der Waals surface area contributed by atoms with E-state index < -0.39 is 122 Å². The number of benzene rings is 1. The topological polar surface area (TPSA) is 357 Å². The first-order valence-corrected chi connectivity index (χ1v) is 20.4. The Morgan fingerprint density at radius 3 is 1.80 bits per heavy atom. The monoisotopic (exact) mass is 861 g/mol. The van der Waals surface area contributed by atoms with Crippen molar-refractivity contribution in [2.45, 2.75) is 121 Å². The van der Waals surface area contributed by atoms with Crippen molar-refractivity contribution < 1.29 is 58.8 Å². The number of carboxylic acid groups (broad SMARTS) is 2. The molecule has 0 fully saturated rings. The van der Waals surface area contributed by atoms with E-state index in [1.165, 1.54) is 0 Å². The first-order chi connectivity index (χ1) is 28.9. The van der Waals surface area contributed by atoms with Crippen molar-refractivity contribution in [3.8, 4) is 0 Å². The molecule has 0 saturated carbocycles. The van der Waals surface area contributed by atoms with Crippen molar-refractivity contribution in [1.29, 1.82) is 0 Å². The predicted molar refractivity (Wildman–Crippen MR) is 222 cm³/mol. The second kappa shape index (κ2) is 25.9. The van der Waals surface area contributed by atoms with Gasteiger partial charge in [-0.3, -0.25) is 33.6 Å². The van der Waals surface area contributed by atoms with Gasteiger partial charge >= 0.3 is 11.9 Å². The summed E-state index contributed by atoms with van der Waals surface area (Å²) in [6.07, 6.45) is 1.86. The molecule has 15 N–H and O–H groups in total. The van der Waals surface area contributed by atoms with Gasteiger partial charge in [0.25, 0.3) is 0 Å². The Morgan fingerprint density at radius 1 is 0.689 bits per heavy atom. The maximum Gasteiger partial charge on any atom is 0.326 e. The van der Waals surface area contributed by atoms with Crippen LogP contribution in [0.5, 0.6) is 0 Å². The highest BCUT2D eigenvalue weighted by molar-refractivity contribution is 5.97. The number of aliphatic carboxylic acids is 2. The molecule has 21 nitrogen and oxygen atoms in total. The van der Waals surface area contributed by atoms with Crippen molar-refractivity contribution >= 4 is 58.3 Å². The highest BCUT2D eigenvalue weighted by Gasteiger charge is 2.35. The second-order valence-electron chi connectivity index (χ2n) is 15.4. The lowest BCUT2D eigenvalue weighted by atomic mass is 9.97. The summed E-state index contributed by atoms with van der Waals surface area (Å²) in [6, 6.07) is -2.74. The van der Waals surface area contributed by atoms with Gasteiger partial charge in [0.1, 0.15) is 42.3 Å². The van der Waals surface area contributed by atoms with Crippen molar-refractivity contribution in [3.63, 3.8) is 0 Å². The van der Waals surface area contributed by atoms with Gasteiger partial charge in [-0.25, -0.2) is 4.79 Å². The summed E-state index contributed by atoms with van der Waals surface area (Å²) in [7, 11) is 0. The fraction of sp³-hybridized carbons (Fsp3) is 0.600. The van der Waals surface area contributed by atoms with Crippen molar-refractivity contribution in [2.75, 3.05) is 19.8 Å². The number of aliphatic hydroxyl groups excluding tert-OH is 2. The molecule has 340 valence electrons. The van der Waals surface area contributed by atoms with Crippen LogP contribution in [0, 0.1) is 11.8 Å². The third kappa shape index (κ3) is 16.7. The Balaban J connectivity index is 2.37. The number of nitrogens with two attached hydrogens (primary N) is 2. The lowest BCUT2D eigenvalue weighted by Gasteiger charge is -2.28. The van der Waals surface area contributed by atoms with E-state index in [9.17, 15) is 58.8 Å². The normalized spacial score (nSPS) is 15.2. The van der Waals surface area contributed by atoms with Crippen molar-refractivity contribution in [3.05, 3.63) is 36.0 Å². The molecule has 2 aromatic rings. The largest absolute Gasteiger partial charge is 0.481 e. The molecule has 2 rings (SSSR count). The molecule has 0 spiro atoms. The number of hydrogen-bond acceptors (Lipinski definition) is 12. The van der Waals surface area contributed by atoms with Gasteiger partial charge in [-0.05, 0) is 62.1 Å². The lowest BCUT2D eigenvalue weighted by Crippen LogP contribution is -2.61. The van der Waals surface area contributed by atoms with Crippen LogP contribution in [-0.2, 0) is 44.8 Å². The highest BCUT2D eigenvalue weighted by atomic mass is 16.4. The number of rotatable bonds is 28. The van der Waals surface area contributed by atoms with Gasteiger partial charge in [-0.2, -0.15) is 0 Å². The molecule has 0 aliphatic carbocycles. The number of H-pyrrole nitrogens is 1. The van der Waals surface area contributed by atoms with Crippen LogP contribution in [0.4, 0.5) is 0 Å². The fourth-order valence-corrected chi connectivity index (χ4v) is 6.31. The third-order valence-electron chi connectivity index (χ3n) is 10.1. The first kappa shape index (κ1) is 51.5. The average Bonchev–Trinajstić information content (AvgIpc) is 3.63. The van der Waals surface area contributed by atoms with Crippen LogP contribution in [-0.4, -0.2) is 135 Å². The summed E-state index contributed by atoms with van der Waals surface area (Å²) in [5, 5.41) is 54.3. The zero-order valence-corrected chi connectivity index (χ0v) is 35.1. The van der Waals surface area contributed by atoms with Crippen LogP contribution in [0.2, 0.25) is 0 Å². The van der Waals surface area contributed by atoms with Gasteiger partial charge in [0.05, 0.1) is 13.2 Å². The van der Waals surface area contributed by atoms with Crippen LogP contribution in [0.3, 0.4) is 0 Å². The van der Waals surface area contributed by atoms with Gasteiger partial charge in [-0.1, -0.05) is 52.3 Å². The van der Waals surface area contributed by atoms with E-state index in [4.69, 9.17) is 11.5 Å². The summed E-state index contributed by atoms with van der Waals surface area (Å²) < 4.78 is 0. The van der Waals surface area contributed by atoms with Crippen LogP contribution < -0.4 is 43.4 Å². The number of nitrogens with one attached hydrogen (secondary N) is 7. The number of hydrogen-bond donors (Lipinski definition) is 13. The van der Waals surface area contributed by atoms with Crippen molar-refractivity contribution in [2.24, 2.45) is 23.3 Å². The van der Waals surface area contributed by atoms with Crippen LogP contribution in [0.25, 0.3) is 10.9 Å². The molecule has 1 heterocycles. The number of amides is 6. The molecular formula is C40H63N9O12. The minimum absolute atomic E-state index is 0.0419. The van der Waals surface area contributed by atoms with Gasteiger partial charge in [-0.15, -0.1) is 0 Å². The minimum atomic E-state index is -1.72.